The normalized spacial score (nSPS) is 12.7. The molecule has 1 amide bonds. The predicted octanol–water partition coefficient (Wildman–Crippen LogP) is 3.13. The third-order valence-electron chi connectivity index (χ3n) is 4.34. The van der Waals surface area contributed by atoms with Gasteiger partial charge in [0.05, 0.1) is 10.9 Å². The van der Waals surface area contributed by atoms with Crippen molar-refractivity contribution in [2.24, 2.45) is 0 Å². The lowest BCUT2D eigenvalue weighted by Crippen LogP contribution is -2.44. The molecule has 0 spiro atoms. The van der Waals surface area contributed by atoms with E-state index in [4.69, 9.17) is 0 Å². The lowest BCUT2D eigenvalue weighted by Gasteiger charge is -2.15. The minimum absolute atomic E-state index is 0.138. The number of hydrogen-bond acceptors (Lipinski definition) is 3. The van der Waals surface area contributed by atoms with Crippen molar-refractivity contribution in [3.05, 3.63) is 77.9 Å². The first-order chi connectivity index (χ1) is 12.8. The van der Waals surface area contributed by atoms with Crippen LogP contribution in [0.1, 0.15) is 18.1 Å². The van der Waals surface area contributed by atoms with Crippen LogP contribution >= 0.6 is 0 Å². The summed E-state index contributed by atoms with van der Waals surface area (Å²) in [5, 5.41) is 4.55. The Kier molecular flexibility index (Phi) is 5.58. The van der Waals surface area contributed by atoms with E-state index in [1.807, 2.05) is 55.5 Å². The third kappa shape index (κ3) is 4.72. The van der Waals surface area contributed by atoms with Gasteiger partial charge in [-0.15, -0.1) is 0 Å². The SMILES string of the molecule is Cc1ccc(CNC(=O)[C@H](C)NS(=O)(=O)c2ccc3ccccc3c2)cc1. The Balaban J connectivity index is 1.66. The van der Waals surface area contributed by atoms with Gasteiger partial charge in [0.15, 0.2) is 0 Å². The summed E-state index contributed by atoms with van der Waals surface area (Å²) in [5.74, 6) is -0.375. The van der Waals surface area contributed by atoms with Gasteiger partial charge < -0.3 is 5.32 Å². The molecular weight excluding hydrogens is 360 g/mol. The van der Waals surface area contributed by atoms with Gasteiger partial charge in [0, 0.05) is 6.54 Å². The predicted molar refractivity (Wildman–Crippen MR) is 107 cm³/mol. The number of carbonyl (C=O) groups is 1. The maximum atomic E-state index is 12.6. The Labute approximate surface area is 159 Å². The summed E-state index contributed by atoms with van der Waals surface area (Å²) in [6, 6.07) is 19.3. The number of rotatable bonds is 6. The van der Waals surface area contributed by atoms with Gasteiger partial charge in [-0.1, -0.05) is 60.2 Å². The van der Waals surface area contributed by atoms with Gasteiger partial charge in [-0.2, -0.15) is 4.72 Å². The molecule has 0 fully saturated rings. The largest absolute Gasteiger partial charge is 0.351 e. The quantitative estimate of drug-likeness (QED) is 0.688. The van der Waals surface area contributed by atoms with Crippen molar-refractivity contribution < 1.29 is 13.2 Å². The minimum atomic E-state index is -3.80. The van der Waals surface area contributed by atoms with Crippen LogP contribution in [0.5, 0.6) is 0 Å². The molecule has 3 aromatic carbocycles. The molecule has 3 aromatic rings. The van der Waals surface area contributed by atoms with Crippen molar-refractivity contribution in [3.8, 4) is 0 Å². The highest BCUT2D eigenvalue weighted by atomic mass is 32.2. The third-order valence-corrected chi connectivity index (χ3v) is 5.88. The van der Waals surface area contributed by atoms with E-state index in [0.717, 1.165) is 21.9 Å². The maximum Gasteiger partial charge on any atom is 0.241 e. The van der Waals surface area contributed by atoms with Gasteiger partial charge >= 0.3 is 0 Å². The van der Waals surface area contributed by atoms with Gasteiger partial charge in [-0.25, -0.2) is 8.42 Å². The van der Waals surface area contributed by atoms with Crippen LogP contribution in [0.25, 0.3) is 10.8 Å². The Morgan fingerprint density at radius 3 is 2.33 bits per heavy atom. The molecule has 0 aliphatic carbocycles. The van der Waals surface area contributed by atoms with Crippen LogP contribution in [0.15, 0.2) is 71.6 Å². The number of nitrogens with one attached hydrogen (secondary N) is 2. The van der Waals surface area contributed by atoms with Crippen LogP contribution in [0.2, 0.25) is 0 Å². The molecule has 0 unspecified atom stereocenters. The second kappa shape index (κ2) is 7.90. The average molecular weight is 382 g/mol. The van der Waals surface area contributed by atoms with Crippen LogP contribution in [-0.2, 0) is 21.4 Å². The van der Waals surface area contributed by atoms with Crippen LogP contribution in [-0.4, -0.2) is 20.4 Å². The molecule has 0 saturated carbocycles. The zero-order chi connectivity index (χ0) is 19.4. The first kappa shape index (κ1) is 19.1. The molecule has 3 rings (SSSR count). The van der Waals surface area contributed by atoms with E-state index >= 15 is 0 Å². The number of fused-ring (bicyclic) bond motifs is 1. The molecule has 0 bridgehead atoms. The molecule has 0 radical (unpaired) electrons. The number of sulfonamides is 1. The summed E-state index contributed by atoms with van der Waals surface area (Å²) in [6.45, 7) is 3.87. The number of amides is 1. The zero-order valence-corrected chi connectivity index (χ0v) is 16.1. The fourth-order valence-electron chi connectivity index (χ4n) is 2.74. The average Bonchev–Trinajstić information content (AvgIpc) is 2.66. The van der Waals surface area contributed by atoms with Gasteiger partial charge in [-0.05, 0) is 42.3 Å². The fourth-order valence-corrected chi connectivity index (χ4v) is 3.97. The first-order valence-corrected chi connectivity index (χ1v) is 10.2. The molecule has 0 aromatic heterocycles. The van der Waals surface area contributed by atoms with E-state index < -0.39 is 16.1 Å². The summed E-state index contributed by atoms with van der Waals surface area (Å²) < 4.78 is 27.7. The monoisotopic (exact) mass is 382 g/mol. The molecule has 0 saturated heterocycles. The molecule has 0 heterocycles. The molecule has 27 heavy (non-hydrogen) atoms. The van der Waals surface area contributed by atoms with E-state index in [1.165, 1.54) is 6.92 Å². The second-order valence-electron chi connectivity index (χ2n) is 6.56. The van der Waals surface area contributed by atoms with Gasteiger partial charge in [0.2, 0.25) is 15.9 Å². The summed E-state index contributed by atoms with van der Waals surface area (Å²) in [7, 11) is -3.80. The van der Waals surface area contributed by atoms with Gasteiger partial charge in [0.1, 0.15) is 0 Å². The highest BCUT2D eigenvalue weighted by Crippen LogP contribution is 2.19. The molecule has 0 aliphatic rings. The van der Waals surface area contributed by atoms with Crippen LogP contribution in [0.4, 0.5) is 0 Å². The van der Waals surface area contributed by atoms with Gasteiger partial charge in [-0.3, -0.25) is 4.79 Å². The van der Waals surface area contributed by atoms with Crippen LogP contribution in [0, 0.1) is 6.92 Å². The van der Waals surface area contributed by atoms with Crippen molar-refractivity contribution in [3.63, 3.8) is 0 Å². The van der Waals surface area contributed by atoms with Gasteiger partial charge in [0.25, 0.3) is 0 Å². The second-order valence-corrected chi connectivity index (χ2v) is 8.27. The highest BCUT2D eigenvalue weighted by Gasteiger charge is 2.22. The molecule has 140 valence electrons. The zero-order valence-electron chi connectivity index (χ0n) is 15.3. The van der Waals surface area contributed by atoms with Crippen molar-refractivity contribution in [1.82, 2.24) is 10.0 Å². The smallest absolute Gasteiger partial charge is 0.241 e. The summed E-state index contributed by atoms with van der Waals surface area (Å²) in [4.78, 5) is 12.4. The van der Waals surface area contributed by atoms with Crippen molar-refractivity contribution >= 4 is 26.7 Å². The van der Waals surface area contributed by atoms with Crippen LogP contribution in [0.3, 0.4) is 0 Å². The van der Waals surface area contributed by atoms with Crippen LogP contribution < -0.4 is 10.0 Å². The van der Waals surface area contributed by atoms with Crippen molar-refractivity contribution in [2.75, 3.05) is 0 Å². The summed E-state index contributed by atoms with van der Waals surface area (Å²) in [6.07, 6.45) is 0. The lowest BCUT2D eigenvalue weighted by molar-refractivity contribution is -0.122. The highest BCUT2D eigenvalue weighted by molar-refractivity contribution is 7.89. The molecule has 0 aliphatic heterocycles. The van der Waals surface area contributed by atoms with E-state index in [2.05, 4.69) is 10.0 Å². The molecule has 5 nitrogen and oxygen atoms in total. The van der Waals surface area contributed by atoms with Crippen molar-refractivity contribution in [1.29, 1.82) is 0 Å². The Bertz CT molecular complexity index is 1060. The fraction of sp³-hybridized carbons (Fsp3) is 0.190. The Morgan fingerprint density at radius 2 is 1.63 bits per heavy atom. The number of hydrogen-bond donors (Lipinski definition) is 2. The lowest BCUT2D eigenvalue weighted by atomic mass is 10.1. The molecular formula is C21H22N2O3S. The van der Waals surface area contributed by atoms with Crippen molar-refractivity contribution in [2.45, 2.75) is 31.3 Å². The standard InChI is InChI=1S/C21H22N2O3S/c1-15-7-9-17(10-8-15)14-22-21(24)16(2)23-27(25,26)20-12-11-18-5-3-4-6-19(18)13-20/h3-13,16,23H,14H2,1-2H3,(H,22,24)/t16-/m0/s1. The molecule has 6 heteroatoms. The Hall–Kier alpha value is -2.70. The molecule has 1 atom stereocenters. The van der Waals surface area contributed by atoms with E-state index in [-0.39, 0.29) is 10.8 Å². The maximum absolute atomic E-state index is 12.6. The van der Waals surface area contributed by atoms with E-state index in [0.29, 0.717) is 6.54 Å². The van der Waals surface area contributed by atoms with E-state index in [9.17, 15) is 13.2 Å². The number of benzene rings is 3. The number of carbonyl (C=O) groups excluding carboxylic acids is 1. The summed E-state index contributed by atoms with van der Waals surface area (Å²) >= 11 is 0. The minimum Gasteiger partial charge on any atom is -0.351 e. The topological polar surface area (TPSA) is 75.3 Å². The first-order valence-electron chi connectivity index (χ1n) is 8.69. The number of aryl methyl sites for hydroxylation is 1. The summed E-state index contributed by atoms with van der Waals surface area (Å²) in [5.41, 5.74) is 2.10. The Morgan fingerprint density at radius 1 is 0.963 bits per heavy atom. The van der Waals surface area contributed by atoms with E-state index in [1.54, 1.807) is 18.2 Å². The molecule has 2 N–H and O–H groups in total.